The van der Waals surface area contributed by atoms with Crippen molar-refractivity contribution in [2.24, 2.45) is 5.10 Å². The lowest BCUT2D eigenvalue weighted by Gasteiger charge is -2.05. The molecule has 0 amide bonds. The van der Waals surface area contributed by atoms with Crippen molar-refractivity contribution < 1.29 is 9.53 Å². The molecule has 7 heteroatoms. The van der Waals surface area contributed by atoms with Crippen molar-refractivity contribution >= 4 is 29.0 Å². The molecular formula is C11H7ClN4O2. The summed E-state index contributed by atoms with van der Waals surface area (Å²) in [5.41, 5.74) is 2.79. The van der Waals surface area contributed by atoms with E-state index in [1.807, 2.05) is 0 Å². The van der Waals surface area contributed by atoms with Crippen molar-refractivity contribution in [2.45, 2.75) is 0 Å². The Hall–Kier alpha value is -2.57. The van der Waals surface area contributed by atoms with E-state index in [1.54, 1.807) is 12.1 Å². The number of hydrogen-bond acceptors (Lipinski definition) is 6. The van der Waals surface area contributed by atoms with Gasteiger partial charge in [-0.3, -0.25) is 5.43 Å². The van der Waals surface area contributed by atoms with Gasteiger partial charge in [0.05, 0.1) is 23.4 Å². The number of rotatable bonds is 3. The molecule has 0 spiro atoms. The van der Waals surface area contributed by atoms with Crippen LogP contribution >= 0.6 is 11.6 Å². The maximum atomic E-state index is 11.2. The van der Waals surface area contributed by atoms with E-state index in [0.717, 1.165) is 0 Å². The molecule has 0 radical (unpaired) electrons. The Morgan fingerprint density at radius 2 is 2.11 bits per heavy atom. The van der Waals surface area contributed by atoms with Gasteiger partial charge in [0.2, 0.25) is 5.71 Å². The minimum atomic E-state index is -0.512. The zero-order valence-corrected chi connectivity index (χ0v) is 10.0. The highest BCUT2D eigenvalue weighted by Crippen LogP contribution is 2.23. The molecule has 0 aliphatic rings. The van der Waals surface area contributed by atoms with E-state index < -0.39 is 5.97 Å². The third-order valence-corrected chi connectivity index (χ3v) is 2.20. The number of halogens is 1. The molecule has 0 saturated carbocycles. The number of esters is 1. The fraction of sp³-hybridized carbons (Fsp3) is 0.0909. The number of hydrogen-bond donors (Lipinski definition) is 1. The van der Waals surface area contributed by atoms with Gasteiger partial charge in [-0.05, 0) is 18.2 Å². The van der Waals surface area contributed by atoms with E-state index in [2.05, 4.69) is 15.3 Å². The Morgan fingerprint density at radius 3 is 2.61 bits per heavy atom. The molecular weight excluding hydrogens is 256 g/mol. The fourth-order valence-corrected chi connectivity index (χ4v) is 1.26. The summed E-state index contributed by atoms with van der Waals surface area (Å²) in [5, 5.41) is 20.7. The average Bonchev–Trinajstić information content (AvgIpc) is 2.40. The summed E-state index contributed by atoms with van der Waals surface area (Å²) in [6.45, 7) is 0. The highest BCUT2D eigenvalue weighted by Gasteiger charge is 2.08. The SMILES string of the molecule is COC(=O)c1ccc(NN=C(C#N)C#N)c(Cl)c1. The van der Waals surface area contributed by atoms with Crippen molar-refractivity contribution in [3.8, 4) is 12.1 Å². The lowest BCUT2D eigenvalue weighted by atomic mass is 10.2. The van der Waals surface area contributed by atoms with Crippen LogP contribution in [0.1, 0.15) is 10.4 Å². The standard InChI is InChI=1S/C11H7ClN4O2/c1-18-11(17)7-2-3-10(9(12)4-7)16-15-8(5-13)6-14/h2-4,16H,1H3. The first-order chi connectivity index (χ1) is 8.62. The smallest absolute Gasteiger partial charge is 0.337 e. The molecule has 18 heavy (non-hydrogen) atoms. The number of ether oxygens (including phenoxy) is 1. The van der Waals surface area contributed by atoms with E-state index in [9.17, 15) is 4.79 Å². The van der Waals surface area contributed by atoms with Crippen molar-refractivity contribution in [1.82, 2.24) is 0 Å². The van der Waals surface area contributed by atoms with E-state index >= 15 is 0 Å². The Bertz CT molecular complexity index is 568. The molecule has 0 aromatic heterocycles. The van der Waals surface area contributed by atoms with E-state index in [1.165, 1.54) is 25.3 Å². The second-order valence-corrected chi connectivity index (χ2v) is 3.39. The quantitative estimate of drug-likeness (QED) is 0.510. The molecule has 0 aliphatic carbocycles. The predicted molar refractivity (Wildman–Crippen MR) is 65.1 cm³/mol. The average molecular weight is 263 g/mol. The number of nitrogens with zero attached hydrogens (tertiary/aromatic N) is 3. The van der Waals surface area contributed by atoms with Crippen LogP contribution in [0.25, 0.3) is 0 Å². The van der Waals surface area contributed by atoms with Crippen LogP contribution in [-0.2, 0) is 4.74 Å². The summed E-state index contributed by atoms with van der Waals surface area (Å²) >= 11 is 5.89. The fourth-order valence-electron chi connectivity index (χ4n) is 1.04. The van der Waals surface area contributed by atoms with Crippen LogP contribution in [0.4, 0.5) is 5.69 Å². The van der Waals surface area contributed by atoms with Gasteiger partial charge in [0, 0.05) is 0 Å². The van der Waals surface area contributed by atoms with Gasteiger partial charge in [-0.15, -0.1) is 0 Å². The second kappa shape index (κ2) is 6.24. The molecule has 90 valence electrons. The summed E-state index contributed by atoms with van der Waals surface area (Å²) in [4.78, 5) is 11.2. The first-order valence-electron chi connectivity index (χ1n) is 4.64. The summed E-state index contributed by atoms with van der Waals surface area (Å²) in [6, 6.07) is 7.54. The highest BCUT2D eigenvalue weighted by atomic mass is 35.5. The third kappa shape index (κ3) is 3.21. The van der Waals surface area contributed by atoms with Gasteiger partial charge >= 0.3 is 5.97 Å². The number of carbonyl (C=O) groups excluding carboxylic acids is 1. The van der Waals surface area contributed by atoms with Crippen LogP contribution < -0.4 is 5.43 Å². The van der Waals surface area contributed by atoms with Crippen molar-refractivity contribution in [2.75, 3.05) is 12.5 Å². The minimum Gasteiger partial charge on any atom is -0.465 e. The van der Waals surface area contributed by atoms with E-state index in [4.69, 9.17) is 22.1 Å². The topological polar surface area (TPSA) is 98.3 Å². The number of carbonyl (C=O) groups is 1. The minimum absolute atomic E-state index is 0.219. The Kier molecular flexibility index (Phi) is 4.67. The molecule has 0 bridgehead atoms. The zero-order chi connectivity index (χ0) is 13.5. The number of anilines is 1. The Morgan fingerprint density at radius 1 is 1.44 bits per heavy atom. The normalized spacial score (nSPS) is 8.67. The number of hydrazone groups is 1. The molecule has 1 rings (SSSR count). The molecule has 6 nitrogen and oxygen atoms in total. The van der Waals surface area contributed by atoms with E-state index in [-0.39, 0.29) is 16.3 Å². The van der Waals surface area contributed by atoms with Gasteiger partial charge in [-0.2, -0.15) is 15.6 Å². The molecule has 1 aromatic rings. The van der Waals surface area contributed by atoms with Gasteiger partial charge in [-0.1, -0.05) is 11.6 Å². The molecule has 1 aromatic carbocycles. The predicted octanol–water partition coefficient (Wildman–Crippen LogP) is 1.94. The van der Waals surface area contributed by atoms with E-state index in [0.29, 0.717) is 5.69 Å². The number of methoxy groups -OCH3 is 1. The van der Waals surface area contributed by atoms with Crippen molar-refractivity contribution in [3.63, 3.8) is 0 Å². The zero-order valence-electron chi connectivity index (χ0n) is 9.27. The molecule has 0 aliphatic heterocycles. The van der Waals surface area contributed by atoms with Crippen LogP contribution in [0, 0.1) is 22.7 Å². The molecule has 0 atom stereocenters. The van der Waals surface area contributed by atoms with Crippen LogP contribution in [-0.4, -0.2) is 18.8 Å². The van der Waals surface area contributed by atoms with Crippen molar-refractivity contribution in [1.29, 1.82) is 10.5 Å². The lowest BCUT2D eigenvalue weighted by molar-refractivity contribution is 0.0601. The summed E-state index contributed by atoms with van der Waals surface area (Å²) < 4.78 is 4.53. The van der Waals surface area contributed by atoms with Gasteiger partial charge in [-0.25, -0.2) is 4.79 Å². The molecule has 0 fully saturated rings. The van der Waals surface area contributed by atoms with Crippen molar-refractivity contribution in [3.05, 3.63) is 28.8 Å². The number of nitriles is 2. The largest absolute Gasteiger partial charge is 0.465 e. The van der Waals surface area contributed by atoms with Crippen LogP contribution in [0.5, 0.6) is 0 Å². The molecule has 1 N–H and O–H groups in total. The van der Waals surface area contributed by atoms with Crippen LogP contribution in [0.3, 0.4) is 0 Å². The van der Waals surface area contributed by atoms with Gasteiger partial charge in [0.1, 0.15) is 12.1 Å². The molecule has 0 unspecified atom stereocenters. The molecule has 0 heterocycles. The van der Waals surface area contributed by atoms with Gasteiger partial charge < -0.3 is 4.74 Å². The first kappa shape index (κ1) is 13.5. The highest BCUT2D eigenvalue weighted by molar-refractivity contribution is 6.33. The number of nitrogens with one attached hydrogen (secondary N) is 1. The Labute approximate surface area is 108 Å². The summed E-state index contributed by atoms with van der Waals surface area (Å²) in [6.07, 6.45) is 0. The Balaban J connectivity index is 2.95. The maximum absolute atomic E-state index is 11.2. The maximum Gasteiger partial charge on any atom is 0.337 e. The first-order valence-corrected chi connectivity index (χ1v) is 5.02. The number of benzene rings is 1. The van der Waals surface area contributed by atoms with Crippen LogP contribution in [0.2, 0.25) is 5.02 Å². The monoisotopic (exact) mass is 262 g/mol. The summed E-state index contributed by atoms with van der Waals surface area (Å²) in [5.74, 6) is -0.512. The molecule has 0 saturated heterocycles. The third-order valence-electron chi connectivity index (χ3n) is 1.89. The lowest BCUT2D eigenvalue weighted by Crippen LogP contribution is -2.02. The van der Waals surface area contributed by atoms with Gasteiger partial charge in [0.15, 0.2) is 0 Å². The second-order valence-electron chi connectivity index (χ2n) is 2.98. The van der Waals surface area contributed by atoms with Gasteiger partial charge in [0.25, 0.3) is 0 Å². The summed E-state index contributed by atoms with van der Waals surface area (Å²) in [7, 11) is 1.26. The van der Waals surface area contributed by atoms with Crippen LogP contribution in [0.15, 0.2) is 23.3 Å².